The number of hydrogen-bond donors (Lipinski definition) is 1. The van der Waals surface area contributed by atoms with Crippen molar-refractivity contribution in [3.8, 4) is 0 Å². The highest BCUT2D eigenvalue weighted by Crippen LogP contribution is 2.23. The van der Waals surface area contributed by atoms with Crippen LogP contribution in [0.4, 0.5) is 0 Å². The minimum atomic E-state index is 0.260. The molecule has 86 valence electrons. The molecule has 0 fully saturated rings. The molecular weight excluding hydrogens is 194 g/mol. The van der Waals surface area contributed by atoms with Crippen LogP contribution in [0.5, 0.6) is 0 Å². The third-order valence-electron chi connectivity index (χ3n) is 2.45. The van der Waals surface area contributed by atoms with Gasteiger partial charge in [0.05, 0.1) is 0 Å². The molecule has 0 saturated heterocycles. The highest BCUT2D eigenvalue weighted by molar-refractivity contribution is 6.20. The van der Waals surface area contributed by atoms with Gasteiger partial charge in [-0.25, -0.2) is 0 Å². The smallest absolute Gasteiger partial charge is 0.0465 e. The Labute approximate surface area is 94.6 Å². The van der Waals surface area contributed by atoms with E-state index in [9.17, 15) is 0 Å². The first-order chi connectivity index (χ1) is 6.39. The average Bonchev–Trinajstić information content (AvgIpc) is 2.03. The average molecular weight is 220 g/mol. The second kappa shape index (κ2) is 6.68. The molecule has 0 radical (unpaired) electrons. The lowest BCUT2D eigenvalue weighted by atomic mass is 9.90. The molecule has 14 heavy (non-hydrogen) atoms. The standard InChI is InChI=1S/C12H26ClN/c1-6-11(7-2)14-9-10(13)8-12(3,4)5/h10-11,14H,6-9H2,1-5H3. The summed E-state index contributed by atoms with van der Waals surface area (Å²) in [5.74, 6) is 0. The molecule has 1 N–H and O–H groups in total. The van der Waals surface area contributed by atoms with E-state index < -0.39 is 0 Å². The maximum absolute atomic E-state index is 6.26. The Morgan fingerprint density at radius 3 is 2.00 bits per heavy atom. The van der Waals surface area contributed by atoms with E-state index in [1.54, 1.807) is 0 Å². The fourth-order valence-electron chi connectivity index (χ4n) is 1.61. The molecule has 0 heterocycles. The fraction of sp³-hybridized carbons (Fsp3) is 1.00. The summed E-state index contributed by atoms with van der Waals surface area (Å²) in [5, 5.41) is 3.77. The highest BCUT2D eigenvalue weighted by atomic mass is 35.5. The van der Waals surface area contributed by atoms with Gasteiger partial charge in [0.2, 0.25) is 0 Å². The van der Waals surface area contributed by atoms with Gasteiger partial charge < -0.3 is 5.32 Å². The Hall–Kier alpha value is 0.250. The number of hydrogen-bond acceptors (Lipinski definition) is 1. The van der Waals surface area contributed by atoms with Gasteiger partial charge in [-0.05, 0) is 24.7 Å². The topological polar surface area (TPSA) is 12.0 Å². The Balaban J connectivity index is 3.67. The van der Waals surface area contributed by atoms with Crippen molar-refractivity contribution in [2.45, 2.75) is 65.3 Å². The summed E-state index contributed by atoms with van der Waals surface area (Å²) < 4.78 is 0. The molecule has 0 aromatic heterocycles. The van der Waals surface area contributed by atoms with Crippen molar-refractivity contribution in [1.29, 1.82) is 0 Å². The molecule has 0 aliphatic rings. The van der Waals surface area contributed by atoms with Gasteiger partial charge in [-0.1, -0.05) is 34.6 Å². The first-order valence-corrected chi connectivity index (χ1v) is 6.20. The maximum atomic E-state index is 6.26. The first-order valence-electron chi connectivity index (χ1n) is 5.76. The van der Waals surface area contributed by atoms with Crippen molar-refractivity contribution in [1.82, 2.24) is 5.32 Å². The monoisotopic (exact) mass is 219 g/mol. The second-order valence-electron chi connectivity index (χ2n) is 5.28. The molecule has 0 amide bonds. The van der Waals surface area contributed by atoms with Gasteiger partial charge in [0.1, 0.15) is 0 Å². The van der Waals surface area contributed by atoms with Gasteiger partial charge in [0, 0.05) is 18.0 Å². The number of alkyl halides is 1. The summed E-state index contributed by atoms with van der Waals surface area (Å²) in [5.41, 5.74) is 0.335. The van der Waals surface area contributed by atoms with Crippen molar-refractivity contribution < 1.29 is 0 Å². The lowest BCUT2D eigenvalue weighted by Crippen LogP contribution is -2.34. The van der Waals surface area contributed by atoms with Gasteiger partial charge in [-0.2, -0.15) is 0 Å². The molecule has 0 aliphatic heterocycles. The summed E-state index contributed by atoms with van der Waals surface area (Å²) in [7, 11) is 0. The number of nitrogens with one attached hydrogen (secondary N) is 1. The molecular formula is C12H26ClN. The Morgan fingerprint density at radius 1 is 1.14 bits per heavy atom. The van der Waals surface area contributed by atoms with Crippen molar-refractivity contribution >= 4 is 11.6 Å². The van der Waals surface area contributed by atoms with Gasteiger partial charge in [0.15, 0.2) is 0 Å². The largest absolute Gasteiger partial charge is 0.313 e. The second-order valence-corrected chi connectivity index (χ2v) is 5.90. The molecule has 0 aromatic rings. The van der Waals surface area contributed by atoms with E-state index in [4.69, 9.17) is 11.6 Å². The summed E-state index contributed by atoms with van der Waals surface area (Å²) in [4.78, 5) is 0. The van der Waals surface area contributed by atoms with E-state index in [0.717, 1.165) is 13.0 Å². The minimum absolute atomic E-state index is 0.260. The molecule has 1 atom stereocenters. The quantitative estimate of drug-likeness (QED) is 0.670. The Morgan fingerprint density at radius 2 is 1.64 bits per heavy atom. The van der Waals surface area contributed by atoms with Crippen LogP contribution in [0.15, 0.2) is 0 Å². The summed E-state index contributed by atoms with van der Waals surface area (Å²) in [6.45, 7) is 12.1. The van der Waals surface area contributed by atoms with E-state index in [2.05, 4.69) is 39.9 Å². The molecule has 0 rings (SSSR count). The van der Waals surface area contributed by atoms with Gasteiger partial charge in [0.25, 0.3) is 0 Å². The third kappa shape index (κ3) is 7.64. The summed E-state index contributed by atoms with van der Waals surface area (Å²) >= 11 is 6.26. The first kappa shape index (κ1) is 14.2. The number of rotatable bonds is 6. The Bertz CT molecular complexity index is 136. The van der Waals surface area contributed by atoms with Crippen LogP contribution in [0.25, 0.3) is 0 Å². The normalized spacial score (nSPS) is 14.8. The predicted molar refractivity (Wildman–Crippen MR) is 66.1 cm³/mol. The molecule has 0 spiro atoms. The summed E-state index contributed by atoms with van der Waals surface area (Å²) in [6, 6.07) is 0.635. The minimum Gasteiger partial charge on any atom is -0.313 e. The number of halogens is 1. The van der Waals surface area contributed by atoms with Crippen molar-refractivity contribution in [2.75, 3.05) is 6.54 Å². The molecule has 0 bridgehead atoms. The third-order valence-corrected chi connectivity index (χ3v) is 2.76. The van der Waals surface area contributed by atoms with Gasteiger partial charge in [-0.15, -0.1) is 11.6 Å². The van der Waals surface area contributed by atoms with Crippen LogP contribution in [-0.4, -0.2) is 18.0 Å². The van der Waals surface area contributed by atoms with Crippen LogP contribution in [-0.2, 0) is 0 Å². The maximum Gasteiger partial charge on any atom is 0.0465 e. The van der Waals surface area contributed by atoms with Gasteiger partial charge >= 0.3 is 0 Å². The summed E-state index contributed by atoms with van der Waals surface area (Å²) in [6.07, 6.45) is 3.45. The van der Waals surface area contributed by atoms with E-state index in [-0.39, 0.29) is 5.38 Å². The zero-order valence-corrected chi connectivity index (χ0v) is 11.1. The van der Waals surface area contributed by atoms with Crippen molar-refractivity contribution in [3.63, 3.8) is 0 Å². The zero-order valence-electron chi connectivity index (χ0n) is 10.4. The van der Waals surface area contributed by atoms with Crippen LogP contribution in [0.3, 0.4) is 0 Å². The Kier molecular flexibility index (Phi) is 6.80. The van der Waals surface area contributed by atoms with E-state index in [0.29, 0.717) is 11.5 Å². The molecule has 0 aliphatic carbocycles. The molecule has 0 aromatic carbocycles. The SMILES string of the molecule is CCC(CC)NCC(Cl)CC(C)(C)C. The van der Waals surface area contributed by atoms with Crippen LogP contribution in [0.1, 0.15) is 53.9 Å². The fourth-order valence-corrected chi connectivity index (χ4v) is 2.16. The van der Waals surface area contributed by atoms with Crippen LogP contribution in [0, 0.1) is 5.41 Å². The molecule has 1 nitrogen and oxygen atoms in total. The van der Waals surface area contributed by atoms with Crippen molar-refractivity contribution in [2.24, 2.45) is 5.41 Å². The van der Waals surface area contributed by atoms with Crippen LogP contribution >= 0.6 is 11.6 Å². The van der Waals surface area contributed by atoms with Crippen molar-refractivity contribution in [3.05, 3.63) is 0 Å². The van der Waals surface area contributed by atoms with Gasteiger partial charge in [-0.3, -0.25) is 0 Å². The zero-order chi connectivity index (χ0) is 11.2. The van der Waals surface area contributed by atoms with E-state index in [1.807, 2.05) is 0 Å². The lowest BCUT2D eigenvalue weighted by molar-refractivity contribution is 0.356. The van der Waals surface area contributed by atoms with E-state index in [1.165, 1.54) is 12.8 Å². The highest BCUT2D eigenvalue weighted by Gasteiger charge is 2.17. The van der Waals surface area contributed by atoms with Crippen LogP contribution < -0.4 is 5.32 Å². The molecule has 0 saturated carbocycles. The van der Waals surface area contributed by atoms with E-state index >= 15 is 0 Å². The molecule has 1 unspecified atom stereocenters. The molecule has 2 heteroatoms. The van der Waals surface area contributed by atoms with Crippen LogP contribution in [0.2, 0.25) is 0 Å². The lowest BCUT2D eigenvalue weighted by Gasteiger charge is -2.23. The predicted octanol–water partition coefficient (Wildman–Crippen LogP) is 3.81.